The Morgan fingerprint density at radius 3 is 1.35 bits per heavy atom. The summed E-state index contributed by atoms with van der Waals surface area (Å²) in [5, 5.41) is 0.866. The molecule has 0 spiro atoms. The molecular weight excluding hydrogens is 310 g/mol. The average Bonchev–Trinajstić information content (AvgIpc) is 2.36. The molecule has 1 rings (SSSR count). The molecule has 0 heterocycles. The summed E-state index contributed by atoms with van der Waals surface area (Å²) in [6, 6.07) is 10.0. The Bertz CT molecular complexity index is 453. The fraction of sp³-hybridized carbons (Fsp3) is 0.600. The van der Waals surface area contributed by atoms with Crippen molar-refractivity contribution in [2.45, 2.75) is 77.8 Å². The lowest BCUT2D eigenvalue weighted by molar-refractivity contribution is 0.682. The average molecular weight is 350 g/mol. The fourth-order valence-electron chi connectivity index (χ4n) is 1.75. The van der Waals surface area contributed by atoms with Crippen molar-refractivity contribution in [1.29, 1.82) is 0 Å². The first-order valence-electron chi connectivity index (χ1n) is 8.61. The van der Waals surface area contributed by atoms with Gasteiger partial charge < -0.3 is 4.65 Å². The summed E-state index contributed by atoms with van der Waals surface area (Å²) in [4.78, 5) is 0. The first kappa shape index (κ1) is 22.4. The molecule has 1 N–H and O–H groups in total. The van der Waals surface area contributed by atoms with Crippen molar-refractivity contribution in [1.82, 2.24) is 4.65 Å². The van der Waals surface area contributed by atoms with Crippen molar-refractivity contribution < 1.29 is 0 Å². The molecule has 0 saturated heterocycles. The molecule has 0 aliphatic heterocycles. The second kappa shape index (κ2) is 7.95. The highest BCUT2D eigenvalue weighted by Crippen LogP contribution is 2.40. The van der Waals surface area contributed by atoms with Crippen LogP contribution in [-0.2, 0) is 0 Å². The van der Waals surface area contributed by atoms with Crippen LogP contribution in [-0.4, -0.2) is 16.5 Å². The minimum Gasteiger partial charge on any atom is -0.359 e. The lowest BCUT2D eigenvalue weighted by Gasteiger charge is -2.48. The zero-order chi connectivity index (χ0) is 18.5. The van der Waals surface area contributed by atoms with Crippen LogP contribution in [0.4, 0.5) is 0 Å². The molecule has 0 radical (unpaired) electrons. The second-order valence-electron chi connectivity index (χ2n) is 9.49. The molecule has 23 heavy (non-hydrogen) atoms. The summed E-state index contributed by atoms with van der Waals surface area (Å²) in [7, 11) is -2.68. The van der Waals surface area contributed by atoms with Gasteiger partial charge in [-0.2, -0.15) is 0 Å². The van der Waals surface area contributed by atoms with Crippen molar-refractivity contribution in [3.8, 4) is 0 Å². The molecule has 132 valence electrons. The largest absolute Gasteiger partial charge is 0.359 e. The molecule has 0 atom stereocenters. The van der Waals surface area contributed by atoms with Crippen LogP contribution in [0, 0.1) is 0 Å². The Balaban J connectivity index is 0.000000502. The maximum atomic E-state index is 4.09. The van der Waals surface area contributed by atoms with E-state index in [-0.39, 0.29) is 0 Å². The standard InChI is InChI=1S/C12H31NSi2.C8H8/c1-11(2,3)14(7,8)13-15(9,10)12(4,5)6;1-2-8-6-4-3-5-7-8/h13H,1-10H3;2-7H,1H2. The van der Waals surface area contributed by atoms with Gasteiger partial charge in [0.25, 0.3) is 0 Å². The molecule has 0 unspecified atom stereocenters. The predicted octanol–water partition coefficient (Wildman–Crippen LogP) is 6.92. The van der Waals surface area contributed by atoms with E-state index in [1.807, 2.05) is 36.4 Å². The molecule has 0 aliphatic carbocycles. The highest BCUT2D eigenvalue weighted by atomic mass is 28.4. The Hall–Kier alpha value is -0.646. The summed E-state index contributed by atoms with van der Waals surface area (Å²) in [5.74, 6) is 0. The van der Waals surface area contributed by atoms with E-state index in [0.717, 1.165) is 0 Å². The maximum absolute atomic E-state index is 4.09. The summed E-state index contributed by atoms with van der Waals surface area (Å²) in [6.45, 7) is 27.7. The van der Waals surface area contributed by atoms with Crippen LogP contribution in [0.1, 0.15) is 47.1 Å². The van der Waals surface area contributed by atoms with Crippen LogP contribution in [0.15, 0.2) is 36.9 Å². The topological polar surface area (TPSA) is 12.0 Å². The summed E-state index contributed by atoms with van der Waals surface area (Å²) < 4.78 is 4.09. The maximum Gasteiger partial charge on any atom is 0.118 e. The molecular formula is C20H39NSi2. The summed E-state index contributed by atoms with van der Waals surface area (Å²) >= 11 is 0. The van der Waals surface area contributed by atoms with Gasteiger partial charge in [-0.25, -0.2) is 0 Å². The van der Waals surface area contributed by atoms with E-state index >= 15 is 0 Å². The Morgan fingerprint density at radius 2 is 1.13 bits per heavy atom. The van der Waals surface area contributed by atoms with Crippen LogP contribution in [0.5, 0.6) is 0 Å². The number of hydrogen-bond acceptors (Lipinski definition) is 1. The lowest BCUT2D eigenvalue weighted by Crippen LogP contribution is -2.66. The molecule has 0 aromatic heterocycles. The molecule has 0 fully saturated rings. The van der Waals surface area contributed by atoms with Crippen LogP contribution in [0.2, 0.25) is 36.3 Å². The van der Waals surface area contributed by atoms with Crippen LogP contribution >= 0.6 is 0 Å². The van der Waals surface area contributed by atoms with Crippen molar-refractivity contribution in [3.63, 3.8) is 0 Å². The van der Waals surface area contributed by atoms with Gasteiger partial charge >= 0.3 is 0 Å². The molecule has 0 saturated carbocycles. The zero-order valence-corrected chi connectivity index (χ0v) is 19.2. The van der Waals surface area contributed by atoms with Crippen molar-refractivity contribution in [2.24, 2.45) is 0 Å². The number of hydrogen-bond donors (Lipinski definition) is 1. The van der Waals surface area contributed by atoms with Crippen molar-refractivity contribution in [2.75, 3.05) is 0 Å². The quantitative estimate of drug-likeness (QED) is 0.584. The molecule has 1 nitrogen and oxygen atoms in total. The van der Waals surface area contributed by atoms with Gasteiger partial charge in [-0.05, 0) is 15.6 Å². The highest BCUT2D eigenvalue weighted by molar-refractivity contribution is 6.93. The molecule has 1 aromatic rings. The van der Waals surface area contributed by atoms with Gasteiger partial charge in [0.1, 0.15) is 16.5 Å². The number of benzene rings is 1. The van der Waals surface area contributed by atoms with Gasteiger partial charge in [0.15, 0.2) is 0 Å². The molecule has 1 aromatic carbocycles. The van der Waals surface area contributed by atoms with E-state index in [4.69, 9.17) is 0 Å². The monoisotopic (exact) mass is 349 g/mol. The minimum absolute atomic E-state index is 0.433. The summed E-state index contributed by atoms with van der Waals surface area (Å²) in [5.41, 5.74) is 1.17. The van der Waals surface area contributed by atoms with Gasteiger partial charge in [-0.15, -0.1) is 0 Å². The first-order valence-corrected chi connectivity index (χ1v) is 14.6. The lowest BCUT2D eigenvalue weighted by atomic mass is 10.2. The molecule has 0 amide bonds. The van der Waals surface area contributed by atoms with Gasteiger partial charge in [-0.1, -0.05) is 111 Å². The van der Waals surface area contributed by atoms with Crippen LogP contribution in [0.25, 0.3) is 6.08 Å². The van der Waals surface area contributed by atoms with Crippen molar-refractivity contribution >= 4 is 22.5 Å². The summed E-state index contributed by atoms with van der Waals surface area (Å²) in [6.07, 6.45) is 1.83. The normalized spacial score (nSPS) is 13.1. The number of rotatable bonds is 3. The van der Waals surface area contributed by atoms with Gasteiger partial charge in [0.05, 0.1) is 0 Å². The first-order chi connectivity index (χ1) is 10.1. The Morgan fingerprint density at radius 1 is 0.783 bits per heavy atom. The Labute approximate surface area is 147 Å². The third-order valence-electron chi connectivity index (χ3n) is 5.41. The highest BCUT2D eigenvalue weighted by Gasteiger charge is 2.44. The molecule has 0 aliphatic rings. The third kappa shape index (κ3) is 7.19. The van der Waals surface area contributed by atoms with Crippen molar-refractivity contribution in [3.05, 3.63) is 42.5 Å². The van der Waals surface area contributed by atoms with Crippen LogP contribution in [0.3, 0.4) is 0 Å². The van der Waals surface area contributed by atoms with E-state index in [1.165, 1.54) is 5.56 Å². The third-order valence-corrected chi connectivity index (χ3v) is 17.9. The predicted molar refractivity (Wildman–Crippen MR) is 114 cm³/mol. The van der Waals surface area contributed by atoms with E-state index < -0.39 is 16.5 Å². The van der Waals surface area contributed by atoms with E-state index in [2.05, 4.69) is 79.0 Å². The van der Waals surface area contributed by atoms with E-state index in [9.17, 15) is 0 Å². The fourth-order valence-corrected chi connectivity index (χ4v) is 11.0. The SMILES string of the molecule is C=Cc1ccccc1.CC(C)(C)[Si](C)(C)N[Si](C)(C)C(C)(C)C. The van der Waals surface area contributed by atoms with Gasteiger partial charge in [0.2, 0.25) is 0 Å². The second-order valence-corrected chi connectivity index (χ2v) is 20.0. The van der Waals surface area contributed by atoms with Crippen LogP contribution < -0.4 is 4.65 Å². The Kier molecular flexibility index (Phi) is 7.73. The molecule has 0 bridgehead atoms. The van der Waals surface area contributed by atoms with E-state index in [1.54, 1.807) is 0 Å². The molecule has 3 heteroatoms. The van der Waals surface area contributed by atoms with E-state index in [0.29, 0.717) is 10.1 Å². The minimum atomic E-state index is -1.34. The zero-order valence-electron chi connectivity index (χ0n) is 17.2. The number of nitrogens with one attached hydrogen (secondary N) is 1. The van der Waals surface area contributed by atoms with Gasteiger partial charge in [0, 0.05) is 0 Å². The smallest absolute Gasteiger partial charge is 0.118 e. The van der Waals surface area contributed by atoms with Gasteiger partial charge in [-0.3, -0.25) is 0 Å².